The largest absolute Gasteiger partial charge is 0.350 e. The van der Waals surface area contributed by atoms with Crippen LogP contribution in [0.4, 0.5) is 10.8 Å². The highest BCUT2D eigenvalue weighted by Crippen LogP contribution is 2.24. The smallest absolute Gasteiger partial charge is 0.251 e. The van der Waals surface area contributed by atoms with Crippen LogP contribution in [0.15, 0.2) is 41.1 Å². The summed E-state index contributed by atoms with van der Waals surface area (Å²) in [6.45, 7) is 3.73. The summed E-state index contributed by atoms with van der Waals surface area (Å²) < 4.78 is 0. The van der Waals surface area contributed by atoms with Crippen molar-refractivity contribution in [2.45, 2.75) is 32.7 Å². The number of halogens is 1. The maximum atomic E-state index is 12.4. The van der Waals surface area contributed by atoms with Gasteiger partial charge in [0.25, 0.3) is 5.91 Å². The number of nitrogens with one attached hydrogen (secondary N) is 3. The average molecular weight is 477 g/mol. The second kappa shape index (κ2) is 10.5. The molecule has 0 bridgehead atoms. The molecule has 0 aliphatic heterocycles. The van der Waals surface area contributed by atoms with Crippen LogP contribution < -0.4 is 16.0 Å². The first kappa shape index (κ1) is 22.9. The molecule has 0 atom stereocenters. The van der Waals surface area contributed by atoms with Crippen LogP contribution in [0.25, 0.3) is 0 Å². The molecule has 0 unspecified atom stereocenters. The predicted molar refractivity (Wildman–Crippen MR) is 125 cm³/mol. The Balaban J connectivity index is 1.57. The number of rotatable bonds is 8. The lowest BCUT2D eigenvalue weighted by Gasteiger charge is -2.11. The first-order chi connectivity index (χ1) is 14.8. The number of thiophene rings is 1. The molecule has 2 heterocycles. The van der Waals surface area contributed by atoms with E-state index in [0.717, 1.165) is 4.88 Å². The zero-order valence-electron chi connectivity index (χ0n) is 16.9. The standard InChI is InChI=1S/C21H21ClN4O3S2/c1-12(2)23-20(29)13-5-6-16(22)17(8-13)25-18(27)9-14-11-31-21(24-14)26-19(28)10-15-4-3-7-30-15/h3-8,11-12H,9-10H2,1-2H3,(H,23,29)(H,25,27)(H,24,26,28). The number of hydrogen-bond donors (Lipinski definition) is 3. The van der Waals surface area contributed by atoms with Crippen LogP contribution in [0.1, 0.15) is 34.8 Å². The van der Waals surface area contributed by atoms with Gasteiger partial charge in [-0.15, -0.1) is 22.7 Å². The van der Waals surface area contributed by atoms with Crippen LogP contribution in [0.5, 0.6) is 0 Å². The molecule has 10 heteroatoms. The van der Waals surface area contributed by atoms with Crippen molar-refractivity contribution in [1.29, 1.82) is 0 Å². The Morgan fingerprint density at radius 1 is 1.06 bits per heavy atom. The number of anilines is 2. The van der Waals surface area contributed by atoms with Crippen LogP contribution in [-0.2, 0) is 22.4 Å². The minimum absolute atomic E-state index is 0.00844. The van der Waals surface area contributed by atoms with Crippen molar-refractivity contribution in [1.82, 2.24) is 10.3 Å². The van der Waals surface area contributed by atoms with E-state index in [9.17, 15) is 14.4 Å². The molecule has 3 aromatic rings. The lowest BCUT2D eigenvalue weighted by molar-refractivity contribution is -0.116. The Labute approximate surface area is 192 Å². The van der Waals surface area contributed by atoms with Crippen molar-refractivity contribution in [2.24, 2.45) is 0 Å². The van der Waals surface area contributed by atoms with Crippen molar-refractivity contribution in [2.75, 3.05) is 10.6 Å². The Hall–Kier alpha value is -2.75. The van der Waals surface area contributed by atoms with Gasteiger partial charge in [-0.1, -0.05) is 17.7 Å². The van der Waals surface area contributed by atoms with Crippen molar-refractivity contribution in [3.05, 3.63) is 62.2 Å². The zero-order valence-corrected chi connectivity index (χ0v) is 19.3. The first-order valence-electron chi connectivity index (χ1n) is 9.47. The van der Waals surface area contributed by atoms with Gasteiger partial charge in [0.2, 0.25) is 11.8 Å². The molecule has 0 saturated carbocycles. The third-order valence-electron chi connectivity index (χ3n) is 3.98. The monoisotopic (exact) mass is 476 g/mol. The van der Waals surface area contributed by atoms with Gasteiger partial charge in [-0.05, 0) is 43.5 Å². The van der Waals surface area contributed by atoms with Crippen LogP contribution in [-0.4, -0.2) is 28.7 Å². The van der Waals surface area contributed by atoms with E-state index in [0.29, 0.717) is 27.1 Å². The summed E-state index contributed by atoms with van der Waals surface area (Å²) in [6, 6.07) is 8.49. The second-order valence-electron chi connectivity index (χ2n) is 7.00. The fourth-order valence-electron chi connectivity index (χ4n) is 2.65. The summed E-state index contributed by atoms with van der Waals surface area (Å²) in [6.07, 6.45) is 0.294. The summed E-state index contributed by atoms with van der Waals surface area (Å²) in [5.41, 5.74) is 1.28. The quantitative estimate of drug-likeness (QED) is 0.449. The summed E-state index contributed by atoms with van der Waals surface area (Å²) in [7, 11) is 0. The molecule has 3 rings (SSSR count). The summed E-state index contributed by atoms with van der Waals surface area (Å²) >= 11 is 8.94. The van der Waals surface area contributed by atoms with Gasteiger partial charge in [0.1, 0.15) is 0 Å². The van der Waals surface area contributed by atoms with E-state index in [1.54, 1.807) is 17.5 Å². The number of carbonyl (C=O) groups is 3. The highest BCUT2D eigenvalue weighted by Gasteiger charge is 2.14. The van der Waals surface area contributed by atoms with E-state index >= 15 is 0 Å². The molecule has 1 aromatic carbocycles. The molecule has 0 radical (unpaired) electrons. The van der Waals surface area contributed by atoms with Crippen LogP contribution in [0.2, 0.25) is 5.02 Å². The van der Waals surface area contributed by atoms with Crippen molar-refractivity contribution in [3.8, 4) is 0 Å². The molecule has 0 saturated heterocycles. The third-order valence-corrected chi connectivity index (χ3v) is 5.99. The van der Waals surface area contributed by atoms with Crippen molar-refractivity contribution >= 4 is 62.8 Å². The summed E-state index contributed by atoms with van der Waals surface area (Å²) in [5, 5.41) is 12.7. The van der Waals surface area contributed by atoms with Crippen LogP contribution in [0.3, 0.4) is 0 Å². The van der Waals surface area contributed by atoms with Gasteiger partial charge in [0.15, 0.2) is 5.13 Å². The van der Waals surface area contributed by atoms with Gasteiger partial charge in [0.05, 0.1) is 29.2 Å². The SMILES string of the molecule is CC(C)NC(=O)c1ccc(Cl)c(NC(=O)Cc2csc(NC(=O)Cc3cccs3)n2)c1. The highest BCUT2D eigenvalue weighted by atomic mass is 35.5. The molecule has 0 aliphatic carbocycles. The third kappa shape index (κ3) is 6.88. The van der Waals surface area contributed by atoms with Gasteiger partial charge >= 0.3 is 0 Å². The van der Waals surface area contributed by atoms with E-state index < -0.39 is 0 Å². The maximum absolute atomic E-state index is 12.4. The van der Waals surface area contributed by atoms with Gasteiger partial charge in [0, 0.05) is 21.9 Å². The zero-order chi connectivity index (χ0) is 22.4. The molecule has 0 aliphatic rings. The molecule has 2 aromatic heterocycles. The van der Waals surface area contributed by atoms with Gasteiger partial charge in [-0.25, -0.2) is 4.98 Å². The van der Waals surface area contributed by atoms with Gasteiger partial charge in [-0.3, -0.25) is 14.4 Å². The van der Waals surface area contributed by atoms with E-state index in [1.807, 2.05) is 31.4 Å². The number of hydrogen-bond acceptors (Lipinski definition) is 6. The number of amides is 3. The van der Waals surface area contributed by atoms with E-state index in [4.69, 9.17) is 11.6 Å². The van der Waals surface area contributed by atoms with Crippen molar-refractivity contribution < 1.29 is 14.4 Å². The lowest BCUT2D eigenvalue weighted by Crippen LogP contribution is -2.30. The highest BCUT2D eigenvalue weighted by molar-refractivity contribution is 7.14. The minimum Gasteiger partial charge on any atom is -0.350 e. The summed E-state index contributed by atoms with van der Waals surface area (Å²) in [4.78, 5) is 42.0. The maximum Gasteiger partial charge on any atom is 0.251 e. The van der Waals surface area contributed by atoms with E-state index in [2.05, 4.69) is 20.9 Å². The number of aromatic nitrogens is 1. The molecular weight excluding hydrogens is 456 g/mol. The van der Waals surface area contributed by atoms with Crippen molar-refractivity contribution in [3.63, 3.8) is 0 Å². The Morgan fingerprint density at radius 2 is 1.84 bits per heavy atom. The first-order valence-corrected chi connectivity index (χ1v) is 11.6. The molecular formula is C21H21ClN4O3S2. The number of thiazole rings is 1. The van der Waals surface area contributed by atoms with Gasteiger partial charge < -0.3 is 16.0 Å². The number of carbonyl (C=O) groups excluding carboxylic acids is 3. The van der Waals surface area contributed by atoms with Crippen LogP contribution >= 0.6 is 34.3 Å². The molecule has 7 nitrogen and oxygen atoms in total. The van der Waals surface area contributed by atoms with Gasteiger partial charge in [-0.2, -0.15) is 0 Å². The normalized spacial score (nSPS) is 10.7. The molecule has 0 fully saturated rings. The Morgan fingerprint density at radius 3 is 2.55 bits per heavy atom. The minimum atomic E-state index is -0.329. The Bertz CT molecular complexity index is 1080. The average Bonchev–Trinajstić information content (AvgIpc) is 3.35. The van der Waals surface area contributed by atoms with E-state index in [-0.39, 0.29) is 36.6 Å². The molecule has 0 spiro atoms. The molecule has 3 amide bonds. The topological polar surface area (TPSA) is 100 Å². The van der Waals surface area contributed by atoms with E-state index in [1.165, 1.54) is 28.7 Å². The fourth-order valence-corrected chi connectivity index (χ4v) is 4.24. The fraction of sp³-hybridized carbons (Fsp3) is 0.238. The second-order valence-corrected chi connectivity index (χ2v) is 9.29. The number of nitrogens with zero attached hydrogens (tertiary/aromatic N) is 1. The van der Waals surface area contributed by atoms with Crippen LogP contribution in [0, 0.1) is 0 Å². The Kier molecular flexibility index (Phi) is 7.78. The summed E-state index contributed by atoms with van der Waals surface area (Å²) in [5.74, 6) is -0.731. The molecule has 31 heavy (non-hydrogen) atoms. The molecule has 3 N–H and O–H groups in total. The number of benzene rings is 1. The lowest BCUT2D eigenvalue weighted by atomic mass is 10.1. The predicted octanol–water partition coefficient (Wildman–Crippen LogP) is 4.36. The molecule has 162 valence electrons.